The van der Waals surface area contributed by atoms with Crippen molar-refractivity contribution >= 4 is 22.1 Å². The standard InChI is InChI=1S/C16H14N2/c1-12-3-2-4-15(9-12)18-16-6-5-13-7-8-17-11-14(13)10-16/h2-11,18H,1H3. The first kappa shape index (κ1) is 10.8. The highest BCUT2D eigenvalue weighted by atomic mass is 14.9. The van der Waals surface area contributed by atoms with Crippen molar-refractivity contribution in [1.29, 1.82) is 0 Å². The highest BCUT2D eigenvalue weighted by Gasteiger charge is 1.97. The molecule has 0 spiro atoms. The maximum Gasteiger partial charge on any atom is 0.0391 e. The van der Waals surface area contributed by atoms with Crippen molar-refractivity contribution in [2.75, 3.05) is 5.32 Å². The van der Waals surface area contributed by atoms with Crippen LogP contribution in [0.1, 0.15) is 5.56 Å². The Hall–Kier alpha value is -2.35. The van der Waals surface area contributed by atoms with Crippen LogP contribution >= 0.6 is 0 Å². The average molecular weight is 234 g/mol. The number of aromatic nitrogens is 1. The molecule has 88 valence electrons. The predicted octanol–water partition coefficient (Wildman–Crippen LogP) is 4.29. The zero-order chi connectivity index (χ0) is 12.4. The van der Waals surface area contributed by atoms with Gasteiger partial charge in [-0.25, -0.2) is 0 Å². The van der Waals surface area contributed by atoms with Gasteiger partial charge in [0.05, 0.1) is 0 Å². The molecule has 0 aliphatic heterocycles. The maximum absolute atomic E-state index is 4.15. The normalized spacial score (nSPS) is 10.5. The van der Waals surface area contributed by atoms with E-state index in [4.69, 9.17) is 0 Å². The summed E-state index contributed by atoms with van der Waals surface area (Å²) in [6.45, 7) is 2.09. The van der Waals surface area contributed by atoms with E-state index in [2.05, 4.69) is 59.7 Å². The van der Waals surface area contributed by atoms with Gasteiger partial charge in [-0.05, 0) is 48.2 Å². The molecular formula is C16H14N2. The molecule has 2 aromatic carbocycles. The molecule has 3 aromatic rings. The highest BCUT2D eigenvalue weighted by Crippen LogP contribution is 2.22. The van der Waals surface area contributed by atoms with E-state index < -0.39 is 0 Å². The Balaban J connectivity index is 1.95. The van der Waals surface area contributed by atoms with Gasteiger partial charge < -0.3 is 5.32 Å². The SMILES string of the molecule is Cc1cccc(Nc2ccc3ccncc3c2)c1. The summed E-state index contributed by atoms with van der Waals surface area (Å²) in [5.74, 6) is 0. The van der Waals surface area contributed by atoms with Crippen molar-refractivity contribution in [3.05, 3.63) is 66.5 Å². The van der Waals surface area contributed by atoms with Crippen LogP contribution in [0, 0.1) is 6.92 Å². The second kappa shape index (κ2) is 4.49. The smallest absolute Gasteiger partial charge is 0.0391 e. The number of rotatable bonds is 2. The Morgan fingerprint density at radius 2 is 1.78 bits per heavy atom. The third kappa shape index (κ3) is 2.18. The Bertz CT molecular complexity index is 689. The van der Waals surface area contributed by atoms with E-state index >= 15 is 0 Å². The molecule has 0 saturated heterocycles. The number of hydrogen-bond acceptors (Lipinski definition) is 2. The van der Waals surface area contributed by atoms with E-state index in [0.29, 0.717) is 0 Å². The quantitative estimate of drug-likeness (QED) is 0.715. The van der Waals surface area contributed by atoms with Crippen LogP contribution in [-0.4, -0.2) is 4.98 Å². The van der Waals surface area contributed by atoms with Crippen LogP contribution in [0.3, 0.4) is 0 Å². The molecule has 0 radical (unpaired) electrons. The molecule has 0 bridgehead atoms. The zero-order valence-corrected chi connectivity index (χ0v) is 10.2. The van der Waals surface area contributed by atoms with Crippen LogP contribution in [-0.2, 0) is 0 Å². The van der Waals surface area contributed by atoms with Gasteiger partial charge in [0.1, 0.15) is 0 Å². The Morgan fingerprint density at radius 3 is 2.67 bits per heavy atom. The molecule has 18 heavy (non-hydrogen) atoms. The molecule has 2 heteroatoms. The fourth-order valence-corrected chi connectivity index (χ4v) is 2.05. The average Bonchev–Trinajstić information content (AvgIpc) is 2.39. The number of pyridine rings is 1. The van der Waals surface area contributed by atoms with Gasteiger partial charge in [-0.15, -0.1) is 0 Å². The largest absolute Gasteiger partial charge is 0.356 e. The predicted molar refractivity (Wildman–Crippen MR) is 76.2 cm³/mol. The Kier molecular flexibility index (Phi) is 2.69. The number of anilines is 2. The van der Waals surface area contributed by atoms with Crippen LogP contribution in [0.25, 0.3) is 10.8 Å². The minimum atomic E-state index is 1.08. The van der Waals surface area contributed by atoms with Gasteiger partial charge >= 0.3 is 0 Å². The van der Waals surface area contributed by atoms with E-state index in [1.54, 1.807) is 0 Å². The molecule has 1 N–H and O–H groups in total. The summed E-state index contributed by atoms with van der Waals surface area (Å²) in [5, 5.41) is 5.77. The first-order valence-corrected chi connectivity index (χ1v) is 5.99. The van der Waals surface area contributed by atoms with Gasteiger partial charge in [0.2, 0.25) is 0 Å². The second-order valence-corrected chi connectivity index (χ2v) is 4.43. The van der Waals surface area contributed by atoms with Gasteiger partial charge in [-0.1, -0.05) is 18.2 Å². The van der Waals surface area contributed by atoms with Crippen LogP contribution in [0.5, 0.6) is 0 Å². The Labute approximate surface area is 106 Å². The summed E-state index contributed by atoms with van der Waals surface area (Å²) in [7, 11) is 0. The zero-order valence-electron chi connectivity index (χ0n) is 10.2. The molecule has 1 aromatic heterocycles. The van der Waals surface area contributed by atoms with Crippen molar-refractivity contribution in [1.82, 2.24) is 4.98 Å². The van der Waals surface area contributed by atoms with Crippen LogP contribution in [0.2, 0.25) is 0 Å². The fourth-order valence-electron chi connectivity index (χ4n) is 2.05. The monoisotopic (exact) mass is 234 g/mol. The van der Waals surface area contributed by atoms with E-state index in [1.807, 2.05) is 18.5 Å². The van der Waals surface area contributed by atoms with Crippen LogP contribution in [0.4, 0.5) is 11.4 Å². The number of hydrogen-bond donors (Lipinski definition) is 1. The molecule has 0 aliphatic carbocycles. The third-order valence-corrected chi connectivity index (χ3v) is 2.95. The lowest BCUT2D eigenvalue weighted by Crippen LogP contribution is -1.90. The number of aryl methyl sites for hydroxylation is 1. The molecule has 0 aliphatic rings. The van der Waals surface area contributed by atoms with E-state index in [0.717, 1.165) is 16.8 Å². The van der Waals surface area contributed by atoms with Gasteiger partial charge in [0.25, 0.3) is 0 Å². The molecule has 0 amide bonds. The molecule has 0 fully saturated rings. The third-order valence-electron chi connectivity index (χ3n) is 2.95. The minimum Gasteiger partial charge on any atom is -0.356 e. The van der Waals surface area contributed by atoms with E-state index in [1.165, 1.54) is 10.9 Å². The molecule has 1 heterocycles. The number of nitrogens with zero attached hydrogens (tertiary/aromatic N) is 1. The van der Waals surface area contributed by atoms with Crippen LogP contribution in [0.15, 0.2) is 60.9 Å². The molecule has 3 rings (SSSR count). The lowest BCUT2D eigenvalue weighted by atomic mass is 10.1. The number of fused-ring (bicyclic) bond motifs is 1. The molecule has 0 saturated carbocycles. The first-order chi connectivity index (χ1) is 8.81. The summed E-state index contributed by atoms with van der Waals surface area (Å²) in [6, 6.07) is 16.7. The van der Waals surface area contributed by atoms with Gasteiger partial charge in [0, 0.05) is 29.2 Å². The molecule has 0 unspecified atom stereocenters. The van der Waals surface area contributed by atoms with Crippen LogP contribution < -0.4 is 5.32 Å². The summed E-state index contributed by atoms with van der Waals surface area (Å²) in [6.07, 6.45) is 3.70. The van der Waals surface area contributed by atoms with Gasteiger partial charge in [-0.3, -0.25) is 4.98 Å². The molecule has 0 atom stereocenters. The first-order valence-electron chi connectivity index (χ1n) is 5.99. The second-order valence-electron chi connectivity index (χ2n) is 4.43. The number of benzene rings is 2. The highest BCUT2D eigenvalue weighted by molar-refractivity contribution is 5.85. The van der Waals surface area contributed by atoms with Crippen molar-refractivity contribution in [3.63, 3.8) is 0 Å². The lowest BCUT2D eigenvalue weighted by Gasteiger charge is -2.08. The lowest BCUT2D eigenvalue weighted by molar-refractivity contribution is 1.36. The summed E-state index contributed by atoms with van der Waals surface area (Å²) in [5.41, 5.74) is 3.45. The molecule has 2 nitrogen and oxygen atoms in total. The topological polar surface area (TPSA) is 24.9 Å². The maximum atomic E-state index is 4.15. The van der Waals surface area contributed by atoms with Crippen molar-refractivity contribution in [2.45, 2.75) is 6.92 Å². The fraction of sp³-hybridized carbons (Fsp3) is 0.0625. The summed E-state index contributed by atoms with van der Waals surface area (Å²) >= 11 is 0. The van der Waals surface area contributed by atoms with Crippen molar-refractivity contribution in [2.24, 2.45) is 0 Å². The van der Waals surface area contributed by atoms with E-state index in [-0.39, 0.29) is 0 Å². The summed E-state index contributed by atoms with van der Waals surface area (Å²) in [4.78, 5) is 4.15. The van der Waals surface area contributed by atoms with Crippen molar-refractivity contribution in [3.8, 4) is 0 Å². The van der Waals surface area contributed by atoms with Gasteiger partial charge in [-0.2, -0.15) is 0 Å². The van der Waals surface area contributed by atoms with Crippen molar-refractivity contribution < 1.29 is 0 Å². The van der Waals surface area contributed by atoms with E-state index in [9.17, 15) is 0 Å². The summed E-state index contributed by atoms with van der Waals surface area (Å²) < 4.78 is 0. The minimum absolute atomic E-state index is 1.08. The Morgan fingerprint density at radius 1 is 0.889 bits per heavy atom. The van der Waals surface area contributed by atoms with Gasteiger partial charge in [0.15, 0.2) is 0 Å². The molecular weight excluding hydrogens is 220 g/mol. The number of nitrogens with one attached hydrogen (secondary N) is 1.